The molecule has 1 unspecified atom stereocenters. The van der Waals surface area contributed by atoms with Gasteiger partial charge in [-0.05, 0) is 73.4 Å². The van der Waals surface area contributed by atoms with Gasteiger partial charge in [-0.3, -0.25) is 4.99 Å². The van der Waals surface area contributed by atoms with E-state index in [0.717, 1.165) is 67.0 Å². The van der Waals surface area contributed by atoms with Gasteiger partial charge >= 0.3 is 0 Å². The number of hydrogen-bond acceptors (Lipinski definition) is 6. The molecule has 188 valence electrons. The number of ether oxygens (including phenoxy) is 2. The fraction of sp³-hybridized carbons (Fsp3) is 0.429. The van der Waals surface area contributed by atoms with Crippen molar-refractivity contribution in [1.29, 1.82) is 0 Å². The van der Waals surface area contributed by atoms with Crippen molar-refractivity contribution in [3.05, 3.63) is 76.8 Å². The van der Waals surface area contributed by atoms with Gasteiger partial charge in [0.1, 0.15) is 16.4 Å². The minimum Gasteiger partial charge on any atom is -0.492 e. The Morgan fingerprint density at radius 3 is 3.06 bits per heavy atom. The number of rotatable bonds is 7. The largest absolute Gasteiger partial charge is 0.492 e. The summed E-state index contributed by atoms with van der Waals surface area (Å²) in [6.07, 6.45) is 13.7. The predicted octanol–water partition coefficient (Wildman–Crippen LogP) is 6.12. The van der Waals surface area contributed by atoms with Crippen molar-refractivity contribution in [2.24, 2.45) is 10.9 Å². The molecule has 2 aliphatic rings. The molecule has 36 heavy (non-hydrogen) atoms. The summed E-state index contributed by atoms with van der Waals surface area (Å²) in [4.78, 5) is 9.20. The Bertz CT molecular complexity index is 1260. The van der Waals surface area contributed by atoms with Gasteiger partial charge in [0.05, 0.1) is 19.4 Å². The Balaban J connectivity index is 1.24. The van der Waals surface area contributed by atoms with E-state index in [1.807, 2.05) is 18.3 Å². The molecule has 2 aromatic heterocycles. The maximum Gasteiger partial charge on any atom is 0.180 e. The molecule has 1 saturated heterocycles. The van der Waals surface area contributed by atoms with Crippen molar-refractivity contribution in [2.75, 3.05) is 19.8 Å². The number of benzene rings is 1. The molecule has 0 aliphatic carbocycles. The Labute approximate surface area is 216 Å². The van der Waals surface area contributed by atoms with E-state index in [1.54, 1.807) is 10.7 Å². The zero-order chi connectivity index (χ0) is 24.6. The molecule has 4 heterocycles. The molecule has 0 saturated carbocycles. The number of halogens is 1. The molecule has 0 spiro atoms. The number of nitrogens with zero attached hydrogens (tertiary/aromatic N) is 5. The molecule has 1 fully saturated rings. The Morgan fingerprint density at radius 1 is 1.11 bits per heavy atom. The van der Waals surface area contributed by atoms with Crippen LogP contribution in [0.5, 0.6) is 0 Å². The van der Waals surface area contributed by atoms with Gasteiger partial charge in [0, 0.05) is 18.9 Å². The number of allylic oxidation sites excluding steroid dienone is 2. The van der Waals surface area contributed by atoms with Gasteiger partial charge < -0.3 is 9.47 Å². The van der Waals surface area contributed by atoms with Crippen molar-refractivity contribution < 1.29 is 9.47 Å². The number of pyridine rings is 1. The fourth-order valence-electron chi connectivity index (χ4n) is 4.70. The SMILES string of the molecule is Clc1ccc2nnn(Cc3cccc(C4=N/C=C(OCCC5CCCCOCC5)\C=C/CC4)c3)c2n1. The van der Waals surface area contributed by atoms with Crippen LogP contribution in [0.4, 0.5) is 0 Å². The molecule has 3 aromatic rings. The maximum atomic E-state index is 6.11. The summed E-state index contributed by atoms with van der Waals surface area (Å²) < 4.78 is 13.5. The van der Waals surface area contributed by atoms with Gasteiger partial charge in [-0.2, -0.15) is 0 Å². The van der Waals surface area contributed by atoms with Gasteiger partial charge in [-0.15, -0.1) is 5.10 Å². The first-order chi connectivity index (χ1) is 17.7. The van der Waals surface area contributed by atoms with Gasteiger partial charge in [0.15, 0.2) is 5.65 Å². The second-order valence-electron chi connectivity index (χ2n) is 9.37. The monoisotopic (exact) mass is 505 g/mol. The van der Waals surface area contributed by atoms with Crippen LogP contribution in [0.2, 0.25) is 5.15 Å². The average Bonchev–Trinajstić information content (AvgIpc) is 3.23. The summed E-state index contributed by atoms with van der Waals surface area (Å²) >= 11 is 6.08. The first-order valence-electron chi connectivity index (χ1n) is 12.8. The molecule has 7 nitrogen and oxygen atoms in total. The van der Waals surface area contributed by atoms with Gasteiger partial charge in [-0.1, -0.05) is 53.9 Å². The third kappa shape index (κ3) is 6.59. The zero-order valence-electron chi connectivity index (χ0n) is 20.5. The first-order valence-corrected chi connectivity index (χ1v) is 13.2. The van der Waals surface area contributed by atoms with Crippen molar-refractivity contribution in [1.82, 2.24) is 20.0 Å². The van der Waals surface area contributed by atoms with E-state index in [4.69, 9.17) is 26.1 Å². The van der Waals surface area contributed by atoms with E-state index in [-0.39, 0.29) is 0 Å². The average molecular weight is 506 g/mol. The molecular weight excluding hydrogens is 474 g/mol. The van der Waals surface area contributed by atoms with E-state index in [1.165, 1.54) is 19.3 Å². The van der Waals surface area contributed by atoms with Gasteiger partial charge in [0.25, 0.3) is 0 Å². The highest BCUT2D eigenvalue weighted by Crippen LogP contribution is 2.21. The second kappa shape index (κ2) is 12.3. The van der Waals surface area contributed by atoms with E-state index in [0.29, 0.717) is 29.9 Å². The normalized spacial score (nSPS) is 21.4. The summed E-state index contributed by atoms with van der Waals surface area (Å²) in [5.41, 5.74) is 4.66. The number of aromatic nitrogens is 4. The number of aliphatic imine (C=N–C) groups is 1. The van der Waals surface area contributed by atoms with E-state index < -0.39 is 0 Å². The van der Waals surface area contributed by atoms with Crippen molar-refractivity contribution in [3.8, 4) is 0 Å². The molecule has 0 bridgehead atoms. The van der Waals surface area contributed by atoms with E-state index in [9.17, 15) is 0 Å². The van der Waals surface area contributed by atoms with Crippen LogP contribution in [-0.4, -0.2) is 45.5 Å². The van der Waals surface area contributed by atoms with Crippen LogP contribution in [-0.2, 0) is 16.0 Å². The topological polar surface area (TPSA) is 74.4 Å². The summed E-state index contributed by atoms with van der Waals surface area (Å²) in [5.74, 6) is 1.50. The van der Waals surface area contributed by atoms with Crippen LogP contribution in [0.1, 0.15) is 56.1 Å². The Kier molecular flexibility index (Phi) is 8.41. The summed E-state index contributed by atoms with van der Waals surface area (Å²) in [7, 11) is 0. The highest BCUT2D eigenvalue weighted by atomic mass is 35.5. The molecule has 5 rings (SSSR count). The highest BCUT2D eigenvalue weighted by Gasteiger charge is 2.13. The lowest BCUT2D eigenvalue weighted by atomic mass is 9.95. The molecule has 1 aromatic carbocycles. The highest BCUT2D eigenvalue weighted by molar-refractivity contribution is 6.29. The quantitative estimate of drug-likeness (QED) is 0.361. The molecule has 8 heteroatoms. The minimum atomic E-state index is 0.431. The van der Waals surface area contributed by atoms with Gasteiger partial charge in [0.2, 0.25) is 0 Å². The lowest BCUT2D eigenvalue weighted by Crippen LogP contribution is -2.12. The van der Waals surface area contributed by atoms with Crippen LogP contribution in [0.15, 0.2) is 65.5 Å². The van der Waals surface area contributed by atoms with Crippen LogP contribution in [0, 0.1) is 5.92 Å². The van der Waals surface area contributed by atoms with Crippen LogP contribution >= 0.6 is 11.6 Å². The number of fused-ring (bicyclic) bond motifs is 1. The molecule has 0 N–H and O–H groups in total. The molecular formula is C28H32ClN5O2. The van der Waals surface area contributed by atoms with Crippen molar-refractivity contribution in [3.63, 3.8) is 0 Å². The summed E-state index contributed by atoms with van der Waals surface area (Å²) in [6.45, 7) is 3.05. The molecule has 0 amide bonds. The second-order valence-corrected chi connectivity index (χ2v) is 9.76. The maximum absolute atomic E-state index is 6.11. The van der Waals surface area contributed by atoms with Gasteiger partial charge in [-0.25, -0.2) is 9.67 Å². The first kappa shape index (κ1) is 24.7. The standard InChI is InChI=1S/C28H32ClN5O2/c29-27-12-11-26-28(31-27)34(33-32-26)20-22-7-5-8-23(18-22)25-10-2-1-9-24(19-30-25)36-17-14-21-6-3-4-15-35-16-13-21/h1,5,7-9,11-12,18-19,21H,2-4,6,10,13-17,20H2/b9-1-,24-19+,30-25?. The summed E-state index contributed by atoms with van der Waals surface area (Å²) in [5, 5.41) is 8.88. The molecule has 1 atom stereocenters. The predicted molar refractivity (Wildman–Crippen MR) is 142 cm³/mol. The Morgan fingerprint density at radius 2 is 2.08 bits per heavy atom. The van der Waals surface area contributed by atoms with Crippen molar-refractivity contribution >= 4 is 28.5 Å². The lowest BCUT2D eigenvalue weighted by molar-refractivity contribution is 0.0913. The molecule has 2 aliphatic heterocycles. The van der Waals surface area contributed by atoms with Crippen molar-refractivity contribution in [2.45, 2.75) is 51.5 Å². The minimum absolute atomic E-state index is 0.431. The lowest BCUT2D eigenvalue weighted by Gasteiger charge is -2.20. The summed E-state index contributed by atoms with van der Waals surface area (Å²) in [6, 6.07) is 12.0. The third-order valence-corrected chi connectivity index (χ3v) is 6.92. The smallest absolute Gasteiger partial charge is 0.180 e. The fourth-order valence-corrected chi connectivity index (χ4v) is 4.84. The van der Waals surface area contributed by atoms with E-state index >= 15 is 0 Å². The zero-order valence-corrected chi connectivity index (χ0v) is 21.2. The Hall–Kier alpha value is -3.03. The third-order valence-electron chi connectivity index (χ3n) is 6.71. The van der Waals surface area contributed by atoms with E-state index in [2.05, 4.69) is 45.6 Å². The van der Waals surface area contributed by atoms with Crippen LogP contribution in [0.3, 0.4) is 0 Å². The molecule has 0 radical (unpaired) electrons. The number of hydrogen-bond donors (Lipinski definition) is 0. The van der Waals surface area contributed by atoms with Crippen LogP contribution in [0.25, 0.3) is 11.2 Å². The van der Waals surface area contributed by atoms with Crippen LogP contribution < -0.4 is 0 Å².